The number of aromatic nitrogens is 1. The first-order chi connectivity index (χ1) is 7.15. The summed E-state index contributed by atoms with van der Waals surface area (Å²) in [4.78, 5) is 2.25. The second-order valence-corrected chi connectivity index (χ2v) is 4.20. The van der Waals surface area contributed by atoms with Gasteiger partial charge < -0.3 is 10.3 Å². The normalized spacial score (nSPS) is 13.4. The molecule has 0 aromatic carbocycles. The van der Waals surface area contributed by atoms with E-state index in [2.05, 4.69) is 31.0 Å². The highest BCUT2D eigenvalue weighted by atomic mass is 16.5. The molecule has 0 saturated heterocycles. The van der Waals surface area contributed by atoms with Crippen LogP contribution in [-0.4, -0.2) is 23.6 Å². The molecule has 86 valence electrons. The summed E-state index contributed by atoms with van der Waals surface area (Å²) in [6.45, 7) is 6.78. The average Bonchev–Trinajstić information content (AvgIpc) is 2.65. The van der Waals surface area contributed by atoms with Crippen LogP contribution in [0.25, 0.3) is 0 Å². The Hall–Kier alpha value is -0.870. The zero-order valence-corrected chi connectivity index (χ0v) is 9.86. The number of hydrogen-bond acceptors (Lipinski definition) is 4. The van der Waals surface area contributed by atoms with Crippen LogP contribution in [0, 0.1) is 5.92 Å². The Morgan fingerprint density at radius 3 is 2.87 bits per heavy atom. The third-order valence-electron chi connectivity index (χ3n) is 2.56. The maximum absolute atomic E-state index is 5.46. The van der Waals surface area contributed by atoms with Gasteiger partial charge in [-0.3, -0.25) is 4.90 Å². The number of rotatable bonds is 6. The zero-order chi connectivity index (χ0) is 11.3. The Labute approximate surface area is 91.4 Å². The lowest BCUT2D eigenvalue weighted by molar-refractivity contribution is 0.241. The van der Waals surface area contributed by atoms with Crippen LogP contribution in [0.5, 0.6) is 0 Å². The maximum Gasteiger partial charge on any atom is 0.151 e. The van der Waals surface area contributed by atoms with Crippen molar-refractivity contribution in [2.75, 3.05) is 13.6 Å². The van der Waals surface area contributed by atoms with Gasteiger partial charge in [-0.05, 0) is 13.0 Å². The molecule has 0 amide bonds. The van der Waals surface area contributed by atoms with E-state index in [4.69, 9.17) is 10.3 Å². The Bertz CT molecular complexity index is 285. The van der Waals surface area contributed by atoms with Crippen molar-refractivity contribution in [3.8, 4) is 0 Å². The summed E-state index contributed by atoms with van der Waals surface area (Å²) in [6, 6.07) is 1.92. The van der Waals surface area contributed by atoms with Crippen LogP contribution in [0.3, 0.4) is 0 Å². The molecule has 1 atom stereocenters. The molecule has 0 aliphatic heterocycles. The van der Waals surface area contributed by atoms with Gasteiger partial charge in [0.1, 0.15) is 0 Å². The Morgan fingerprint density at radius 2 is 2.33 bits per heavy atom. The van der Waals surface area contributed by atoms with E-state index in [0.29, 0.717) is 12.5 Å². The molecule has 0 fully saturated rings. The summed E-state index contributed by atoms with van der Waals surface area (Å²) >= 11 is 0. The van der Waals surface area contributed by atoms with Gasteiger partial charge >= 0.3 is 0 Å². The minimum atomic E-state index is 0.443. The SMILES string of the molecule is CCC(C)CN(C)Cc1cc(CN)no1. The first kappa shape index (κ1) is 12.2. The summed E-state index contributed by atoms with van der Waals surface area (Å²) in [7, 11) is 2.09. The third kappa shape index (κ3) is 4.01. The average molecular weight is 211 g/mol. The van der Waals surface area contributed by atoms with E-state index in [-0.39, 0.29) is 0 Å². The Morgan fingerprint density at radius 1 is 1.60 bits per heavy atom. The molecule has 1 rings (SSSR count). The Kier molecular flexibility index (Phi) is 4.78. The van der Waals surface area contributed by atoms with E-state index in [9.17, 15) is 0 Å². The van der Waals surface area contributed by atoms with E-state index in [1.165, 1.54) is 6.42 Å². The van der Waals surface area contributed by atoms with Crippen molar-refractivity contribution < 1.29 is 4.52 Å². The highest BCUT2D eigenvalue weighted by Crippen LogP contribution is 2.08. The molecule has 0 saturated carbocycles. The van der Waals surface area contributed by atoms with E-state index in [1.54, 1.807) is 0 Å². The lowest BCUT2D eigenvalue weighted by Crippen LogP contribution is -2.23. The van der Waals surface area contributed by atoms with Crippen molar-refractivity contribution in [1.29, 1.82) is 0 Å². The van der Waals surface area contributed by atoms with Crippen molar-refractivity contribution in [2.24, 2.45) is 11.7 Å². The topological polar surface area (TPSA) is 55.3 Å². The minimum Gasteiger partial charge on any atom is -0.360 e. The summed E-state index contributed by atoms with van der Waals surface area (Å²) in [6.07, 6.45) is 1.20. The summed E-state index contributed by atoms with van der Waals surface area (Å²) in [5.41, 5.74) is 6.28. The van der Waals surface area contributed by atoms with Gasteiger partial charge in [-0.2, -0.15) is 0 Å². The molecule has 4 heteroatoms. The fraction of sp³-hybridized carbons (Fsp3) is 0.727. The predicted molar refractivity (Wildman–Crippen MR) is 60.2 cm³/mol. The van der Waals surface area contributed by atoms with Crippen LogP contribution >= 0.6 is 0 Å². The maximum atomic E-state index is 5.46. The van der Waals surface area contributed by atoms with E-state index < -0.39 is 0 Å². The summed E-state index contributed by atoms with van der Waals surface area (Å²) in [5, 5.41) is 3.86. The van der Waals surface area contributed by atoms with Gasteiger partial charge in [-0.25, -0.2) is 0 Å². The monoisotopic (exact) mass is 211 g/mol. The number of nitrogens with two attached hydrogens (primary N) is 1. The van der Waals surface area contributed by atoms with Gasteiger partial charge in [0.15, 0.2) is 5.76 Å². The van der Waals surface area contributed by atoms with Gasteiger partial charge in [0, 0.05) is 19.2 Å². The third-order valence-corrected chi connectivity index (χ3v) is 2.56. The molecule has 1 aromatic rings. The lowest BCUT2D eigenvalue weighted by Gasteiger charge is -2.18. The van der Waals surface area contributed by atoms with Crippen LogP contribution in [0.4, 0.5) is 0 Å². The van der Waals surface area contributed by atoms with Gasteiger partial charge in [0.05, 0.1) is 12.2 Å². The molecule has 0 aliphatic carbocycles. The van der Waals surface area contributed by atoms with Gasteiger partial charge in [0.2, 0.25) is 0 Å². The lowest BCUT2D eigenvalue weighted by atomic mass is 10.1. The van der Waals surface area contributed by atoms with Crippen molar-refractivity contribution in [1.82, 2.24) is 10.1 Å². The second-order valence-electron chi connectivity index (χ2n) is 4.20. The molecule has 1 aromatic heterocycles. The molecule has 0 bridgehead atoms. The quantitative estimate of drug-likeness (QED) is 0.776. The van der Waals surface area contributed by atoms with Crippen molar-refractivity contribution >= 4 is 0 Å². The van der Waals surface area contributed by atoms with Crippen LogP contribution in [-0.2, 0) is 13.1 Å². The molecule has 1 unspecified atom stereocenters. The predicted octanol–water partition coefficient (Wildman–Crippen LogP) is 1.61. The Balaban J connectivity index is 2.40. The summed E-state index contributed by atoms with van der Waals surface area (Å²) in [5.74, 6) is 1.60. The molecule has 0 aliphatic rings. The first-order valence-electron chi connectivity index (χ1n) is 5.48. The highest BCUT2D eigenvalue weighted by Gasteiger charge is 2.08. The minimum absolute atomic E-state index is 0.443. The van der Waals surface area contributed by atoms with E-state index >= 15 is 0 Å². The number of hydrogen-bond donors (Lipinski definition) is 1. The fourth-order valence-corrected chi connectivity index (χ4v) is 1.52. The van der Waals surface area contributed by atoms with Crippen LogP contribution in [0.2, 0.25) is 0 Å². The van der Waals surface area contributed by atoms with Crippen LogP contribution in [0.1, 0.15) is 31.7 Å². The molecule has 4 nitrogen and oxygen atoms in total. The van der Waals surface area contributed by atoms with Crippen molar-refractivity contribution in [3.05, 3.63) is 17.5 Å². The molecule has 0 spiro atoms. The van der Waals surface area contributed by atoms with Gasteiger partial charge in [0.25, 0.3) is 0 Å². The smallest absolute Gasteiger partial charge is 0.151 e. The van der Waals surface area contributed by atoms with Crippen molar-refractivity contribution in [3.63, 3.8) is 0 Å². The molecule has 15 heavy (non-hydrogen) atoms. The number of nitrogens with zero attached hydrogens (tertiary/aromatic N) is 2. The molecule has 1 heterocycles. The zero-order valence-electron chi connectivity index (χ0n) is 9.86. The highest BCUT2D eigenvalue weighted by molar-refractivity contribution is 5.04. The van der Waals surface area contributed by atoms with Crippen LogP contribution in [0.15, 0.2) is 10.6 Å². The molecule has 2 N–H and O–H groups in total. The van der Waals surface area contributed by atoms with E-state index in [1.807, 2.05) is 6.07 Å². The molecular weight excluding hydrogens is 190 g/mol. The van der Waals surface area contributed by atoms with Gasteiger partial charge in [-0.1, -0.05) is 25.4 Å². The van der Waals surface area contributed by atoms with Gasteiger partial charge in [-0.15, -0.1) is 0 Å². The van der Waals surface area contributed by atoms with E-state index in [0.717, 1.165) is 24.5 Å². The first-order valence-corrected chi connectivity index (χ1v) is 5.48. The largest absolute Gasteiger partial charge is 0.360 e. The fourth-order valence-electron chi connectivity index (χ4n) is 1.52. The second kappa shape index (κ2) is 5.88. The molecular formula is C11H21N3O. The summed E-state index contributed by atoms with van der Waals surface area (Å²) < 4.78 is 5.17. The van der Waals surface area contributed by atoms with Crippen molar-refractivity contribution in [2.45, 2.75) is 33.4 Å². The standard InChI is InChI=1S/C11H21N3O/c1-4-9(2)7-14(3)8-11-5-10(6-12)13-15-11/h5,9H,4,6-8,12H2,1-3H3. The molecule has 0 radical (unpaired) electrons. The van der Waals surface area contributed by atoms with Crippen LogP contribution < -0.4 is 5.73 Å².